The van der Waals surface area contributed by atoms with Crippen LogP contribution < -0.4 is 11.1 Å². The van der Waals surface area contributed by atoms with Crippen molar-refractivity contribution in [2.24, 2.45) is 22.6 Å². The molecule has 0 spiro atoms. The minimum atomic E-state index is -5.23. The summed E-state index contributed by atoms with van der Waals surface area (Å²) in [6.45, 7) is 5.02. The van der Waals surface area contributed by atoms with Gasteiger partial charge in [-0.05, 0) is 31.1 Å². The SMILES string of the molecule is CC(C)CCNC(N)=NCC1CCN(S(=O)(=O)C(F)(F)F)CC1.I. The minimum absolute atomic E-state index is 0. The first-order valence-corrected chi connectivity index (χ1v) is 9.08. The Balaban J connectivity index is 0.00000529. The van der Waals surface area contributed by atoms with Gasteiger partial charge in [-0.25, -0.2) is 8.42 Å². The summed E-state index contributed by atoms with van der Waals surface area (Å²) in [6, 6.07) is 0. The first-order chi connectivity index (χ1) is 10.5. The van der Waals surface area contributed by atoms with Gasteiger partial charge in [0.15, 0.2) is 5.96 Å². The second-order valence-corrected chi connectivity index (χ2v) is 8.06. The van der Waals surface area contributed by atoms with E-state index in [9.17, 15) is 21.6 Å². The number of aliphatic imine (C=N–C) groups is 1. The van der Waals surface area contributed by atoms with Crippen molar-refractivity contribution in [2.75, 3.05) is 26.2 Å². The van der Waals surface area contributed by atoms with Crippen molar-refractivity contribution in [1.82, 2.24) is 9.62 Å². The van der Waals surface area contributed by atoms with E-state index in [2.05, 4.69) is 24.2 Å². The fraction of sp³-hybridized carbons (Fsp3) is 0.923. The Morgan fingerprint density at radius 3 is 2.33 bits per heavy atom. The molecule has 1 aliphatic rings. The molecule has 0 amide bonds. The number of nitrogens with two attached hydrogens (primary N) is 1. The lowest BCUT2D eigenvalue weighted by Gasteiger charge is -2.30. The van der Waals surface area contributed by atoms with E-state index in [1.165, 1.54) is 0 Å². The number of nitrogens with one attached hydrogen (secondary N) is 1. The van der Waals surface area contributed by atoms with E-state index in [0.717, 1.165) is 13.0 Å². The number of alkyl halides is 3. The zero-order chi connectivity index (χ0) is 17.7. The normalized spacial score (nSPS) is 18.5. The topological polar surface area (TPSA) is 87.8 Å². The molecule has 3 N–H and O–H groups in total. The Kier molecular flexibility index (Phi) is 9.87. The lowest BCUT2D eigenvalue weighted by Crippen LogP contribution is -2.45. The monoisotopic (exact) mass is 486 g/mol. The van der Waals surface area contributed by atoms with Gasteiger partial charge in [0.25, 0.3) is 0 Å². The molecule has 24 heavy (non-hydrogen) atoms. The molecular weight excluding hydrogens is 460 g/mol. The van der Waals surface area contributed by atoms with E-state index in [1.807, 2.05) is 0 Å². The number of rotatable bonds is 6. The minimum Gasteiger partial charge on any atom is -0.370 e. The zero-order valence-corrected chi connectivity index (χ0v) is 17.0. The molecule has 0 aromatic carbocycles. The molecule has 1 saturated heterocycles. The predicted octanol–water partition coefficient (Wildman–Crippen LogP) is 2.12. The van der Waals surface area contributed by atoms with Gasteiger partial charge in [-0.1, -0.05) is 13.8 Å². The second kappa shape index (κ2) is 10.00. The summed E-state index contributed by atoms with van der Waals surface area (Å²) in [4.78, 5) is 4.17. The molecule has 0 bridgehead atoms. The molecule has 1 fully saturated rings. The number of piperidine rings is 1. The van der Waals surface area contributed by atoms with Crippen LogP contribution in [-0.2, 0) is 10.0 Å². The number of halogens is 4. The lowest BCUT2D eigenvalue weighted by molar-refractivity contribution is -0.0496. The Hall–Kier alpha value is -0.300. The summed E-state index contributed by atoms with van der Waals surface area (Å²) in [5.74, 6) is 0.909. The van der Waals surface area contributed by atoms with Crippen molar-refractivity contribution < 1.29 is 21.6 Å². The van der Waals surface area contributed by atoms with E-state index in [4.69, 9.17) is 5.73 Å². The van der Waals surface area contributed by atoms with Gasteiger partial charge in [0.2, 0.25) is 0 Å². The van der Waals surface area contributed by atoms with E-state index in [-0.39, 0.29) is 43.0 Å². The summed E-state index contributed by atoms with van der Waals surface area (Å²) in [7, 11) is -5.21. The standard InChI is InChI=1S/C13H25F3N4O2S.HI/c1-10(2)3-6-18-12(17)19-9-11-4-7-20(8-5-11)23(21,22)13(14,15)16;/h10-11H,3-9H2,1-2H3,(H3,17,18,19);1H. The van der Waals surface area contributed by atoms with Gasteiger partial charge in [-0.15, -0.1) is 24.0 Å². The molecule has 0 aromatic rings. The highest BCUT2D eigenvalue weighted by Crippen LogP contribution is 2.30. The van der Waals surface area contributed by atoms with Gasteiger partial charge in [0.1, 0.15) is 0 Å². The van der Waals surface area contributed by atoms with Crippen molar-refractivity contribution in [1.29, 1.82) is 0 Å². The van der Waals surface area contributed by atoms with Crippen molar-refractivity contribution in [3.63, 3.8) is 0 Å². The van der Waals surface area contributed by atoms with E-state index in [0.29, 0.717) is 35.6 Å². The molecule has 1 aliphatic heterocycles. The number of sulfonamides is 1. The Labute approximate surface area is 158 Å². The van der Waals surface area contributed by atoms with E-state index < -0.39 is 15.5 Å². The molecule has 0 radical (unpaired) electrons. The molecule has 1 heterocycles. The van der Waals surface area contributed by atoms with Crippen LogP contribution in [0.3, 0.4) is 0 Å². The highest BCUT2D eigenvalue weighted by atomic mass is 127. The van der Waals surface area contributed by atoms with Crippen LogP contribution in [0.25, 0.3) is 0 Å². The van der Waals surface area contributed by atoms with E-state index in [1.54, 1.807) is 0 Å². The maximum atomic E-state index is 12.5. The highest BCUT2D eigenvalue weighted by molar-refractivity contribution is 14.0. The van der Waals surface area contributed by atoms with Crippen LogP contribution in [0.4, 0.5) is 13.2 Å². The summed E-state index contributed by atoms with van der Waals surface area (Å²) in [5.41, 5.74) is 0.481. The smallest absolute Gasteiger partial charge is 0.370 e. The van der Waals surface area contributed by atoms with Crippen molar-refractivity contribution in [3.8, 4) is 0 Å². The Morgan fingerprint density at radius 2 is 1.88 bits per heavy atom. The zero-order valence-electron chi connectivity index (χ0n) is 13.8. The van der Waals surface area contributed by atoms with Gasteiger partial charge < -0.3 is 11.1 Å². The van der Waals surface area contributed by atoms with Gasteiger partial charge >= 0.3 is 15.5 Å². The van der Waals surface area contributed by atoms with Crippen LogP contribution in [0.1, 0.15) is 33.1 Å². The predicted molar refractivity (Wildman–Crippen MR) is 98.6 cm³/mol. The fourth-order valence-electron chi connectivity index (χ4n) is 2.25. The molecule has 0 aromatic heterocycles. The van der Waals surface area contributed by atoms with Crippen molar-refractivity contribution in [2.45, 2.75) is 38.6 Å². The van der Waals surface area contributed by atoms with Gasteiger partial charge in [-0.2, -0.15) is 17.5 Å². The maximum absolute atomic E-state index is 12.5. The average molecular weight is 486 g/mol. The quantitative estimate of drug-likeness (QED) is 0.342. The molecule has 0 unspecified atom stereocenters. The molecule has 6 nitrogen and oxygen atoms in total. The van der Waals surface area contributed by atoms with Crippen molar-refractivity contribution >= 4 is 40.0 Å². The van der Waals surface area contributed by atoms with Crippen LogP contribution in [0.5, 0.6) is 0 Å². The third kappa shape index (κ3) is 7.30. The average Bonchev–Trinajstić information content (AvgIpc) is 2.44. The van der Waals surface area contributed by atoms with Gasteiger partial charge in [0, 0.05) is 26.2 Å². The molecule has 11 heteroatoms. The van der Waals surface area contributed by atoms with Crippen molar-refractivity contribution in [3.05, 3.63) is 0 Å². The summed E-state index contributed by atoms with van der Waals surface area (Å²) >= 11 is 0. The summed E-state index contributed by atoms with van der Waals surface area (Å²) in [6.07, 6.45) is 1.65. The Morgan fingerprint density at radius 1 is 1.33 bits per heavy atom. The maximum Gasteiger partial charge on any atom is 0.511 e. The third-order valence-electron chi connectivity index (χ3n) is 3.75. The lowest BCUT2D eigenvalue weighted by atomic mass is 9.98. The summed E-state index contributed by atoms with van der Waals surface area (Å²) < 4.78 is 60.5. The van der Waals surface area contributed by atoms with Crippen LogP contribution in [0.15, 0.2) is 4.99 Å². The summed E-state index contributed by atoms with van der Waals surface area (Å²) in [5, 5.41) is 2.98. The van der Waals surface area contributed by atoms with Crippen LogP contribution in [-0.4, -0.2) is 50.4 Å². The fourth-order valence-corrected chi connectivity index (χ4v) is 3.24. The molecule has 0 aliphatic carbocycles. The molecule has 1 rings (SSSR count). The number of guanidine groups is 1. The van der Waals surface area contributed by atoms with Gasteiger partial charge in [0.05, 0.1) is 0 Å². The molecule has 144 valence electrons. The molecular formula is C13H26F3IN4O2S. The second-order valence-electron chi connectivity index (χ2n) is 6.13. The van der Waals surface area contributed by atoms with Crippen LogP contribution in [0.2, 0.25) is 0 Å². The van der Waals surface area contributed by atoms with Crippen LogP contribution in [0, 0.1) is 11.8 Å². The number of hydrogen-bond acceptors (Lipinski definition) is 3. The van der Waals surface area contributed by atoms with Gasteiger partial charge in [-0.3, -0.25) is 4.99 Å². The molecule has 0 saturated carbocycles. The largest absolute Gasteiger partial charge is 0.511 e. The number of nitrogens with zero attached hydrogens (tertiary/aromatic N) is 2. The molecule has 0 atom stereocenters. The van der Waals surface area contributed by atoms with E-state index >= 15 is 0 Å². The highest BCUT2D eigenvalue weighted by Gasteiger charge is 2.50. The first kappa shape index (κ1) is 23.7. The number of hydrogen-bond donors (Lipinski definition) is 2. The Bertz CT molecular complexity index is 504. The van der Waals surface area contributed by atoms with Crippen LogP contribution >= 0.6 is 24.0 Å². The first-order valence-electron chi connectivity index (χ1n) is 7.64. The third-order valence-corrected chi connectivity index (χ3v) is 5.38.